The van der Waals surface area contributed by atoms with Crippen LogP contribution >= 0.6 is 11.6 Å². The zero-order valence-corrected chi connectivity index (χ0v) is 5.74. The minimum atomic E-state index is -0.333. The molecule has 0 aliphatic rings. The standard InChI is InChI=1S/C4H10ClN3/c1-7-3(5)4(6)8-2/h3,7H,1-2H3,(H2,6,8). The fourth-order valence-electron chi connectivity index (χ4n) is 0.261. The van der Waals surface area contributed by atoms with Gasteiger partial charge in [-0.3, -0.25) is 10.3 Å². The molecule has 48 valence electrons. The Hall–Kier alpha value is -0.280. The average molecular weight is 136 g/mol. The number of nitrogens with zero attached hydrogens (tertiary/aromatic N) is 1. The van der Waals surface area contributed by atoms with Crippen molar-refractivity contribution in [3.05, 3.63) is 0 Å². The van der Waals surface area contributed by atoms with Crippen LogP contribution in [0.5, 0.6) is 0 Å². The van der Waals surface area contributed by atoms with Crippen molar-refractivity contribution in [2.75, 3.05) is 14.1 Å². The molecule has 0 fully saturated rings. The summed E-state index contributed by atoms with van der Waals surface area (Å²) in [6.45, 7) is 0. The average Bonchev–Trinajstić information content (AvgIpc) is 1.84. The normalized spacial score (nSPS) is 16.1. The van der Waals surface area contributed by atoms with Crippen LogP contribution in [-0.2, 0) is 0 Å². The highest BCUT2D eigenvalue weighted by Gasteiger charge is 2.01. The number of rotatable bonds is 2. The molecule has 0 aliphatic carbocycles. The minimum absolute atomic E-state index is 0.333. The Labute approximate surface area is 53.9 Å². The summed E-state index contributed by atoms with van der Waals surface area (Å²) in [6.07, 6.45) is 0. The molecule has 0 bridgehead atoms. The van der Waals surface area contributed by atoms with E-state index < -0.39 is 0 Å². The van der Waals surface area contributed by atoms with Crippen molar-refractivity contribution in [1.82, 2.24) is 5.32 Å². The maximum atomic E-state index is 5.55. The third-order valence-electron chi connectivity index (χ3n) is 0.771. The predicted octanol–water partition coefficient (Wildman–Crippen LogP) is -0.242. The van der Waals surface area contributed by atoms with Gasteiger partial charge in [0, 0.05) is 7.05 Å². The lowest BCUT2D eigenvalue weighted by atomic mass is 10.6. The van der Waals surface area contributed by atoms with E-state index in [2.05, 4.69) is 10.3 Å². The number of likely N-dealkylation sites (N-methyl/N-ethyl adjacent to an activating group) is 1. The van der Waals surface area contributed by atoms with Crippen molar-refractivity contribution in [2.24, 2.45) is 10.7 Å². The summed E-state index contributed by atoms with van der Waals surface area (Å²) in [6, 6.07) is 0. The molecule has 0 aliphatic heterocycles. The number of aliphatic imine (C=N–C) groups is 1. The van der Waals surface area contributed by atoms with Crippen LogP contribution < -0.4 is 11.1 Å². The number of hydrogen-bond acceptors (Lipinski definition) is 2. The molecule has 4 heteroatoms. The lowest BCUT2D eigenvalue weighted by molar-refractivity contribution is 0.878. The fraction of sp³-hybridized carbons (Fsp3) is 0.750. The summed E-state index contributed by atoms with van der Waals surface area (Å²) in [5, 5.41) is 2.73. The van der Waals surface area contributed by atoms with Gasteiger partial charge in [-0.1, -0.05) is 11.6 Å². The van der Waals surface area contributed by atoms with Gasteiger partial charge in [-0.2, -0.15) is 0 Å². The summed E-state index contributed by atoms with van der Waals surface area (Å²) < 4.78 is 0. The Kier molecular flexibility index (Phi) is 3.56. The first-order chi connectivity index (χ1) is 3.72. The van der Waals surface area contributed by atoms with Crippen LogP contribution in [0, 0.1) is 0 Å². The van der Waals surface area contributed by atoms with Gasteiger partial charge in [0.1, 0.15) is 11.3 Å². The molecule has 0 aromatic carbocycles. The van der Waals surface area contributed by atoms with Crippen LogP contribution in [0.3, 0.4) is 0 Å². The van der Waals surface area contributed by atoms with Gasteiger partial charge in [0.25, 0.3) is 0 Å². The fourth-order valence-corrected chi connectivity index (χ4v) is 0.359. The Morgan fingerprint density at radius 1 is 1.88 bits per heavy atom. The van der Waals surface area contributed by atoms with Gasteiger partial charge < -0.3 is 5.73 Å². The van der Waals surface area contributed by atoms with Crippen molar-refractivity contribution < 1.29 is 0 Å². The zero-order chi connectivity index (χ0) is 6.57. The van der Waals surface area contributed by atoms with Crippen molar-refractivity contribution in [2.45, 2.75) is 5.50 Å². The predicted molar refractivity (Wildman–Crippen MR) is 36.2 cm³/mol. The maximum absolute atomic E-state index is 5.55. The molecule has 0 radical (unpaired) electrons. The number of nitrogens with two attached hydrogens (primary N) is 1. The van der Waals surface area contributed by atoms with Crippen molar-refractivity contribution in [3.63, 3.8) is 0 Å². The lowest BCUT2D eigenvalue weighted by Gasteiger charge is -2.04. The van der Waals surface area contributed by atoms with Gasteiger partial charge in [0.15, 0.2) is 0 Å². The second kappa shape index (κ2) is 3.69. The number of nitrogens with one attached hydrogen (secondary N) is 1. The molecule has 0 spiro atoms. The second-order valence-electron chi connectivity index (χ2n) is 1.30. The topological polar surface area (TPSA) is 50.4 Å². The molecule has 0 aromatic heterocycles. The summed E-state index contributed by atoms with van der Waals surface area (Å²) >= 11 is 5.55. The van der Waals surface area contributed by atoms with Crippen LogP contribution in [-0.4, -0.2) is 25.4 Å². The van der Waals surface area contributed by atoms with Gasteiger partial charge >= 0.3 is 0 Å². The molecule has 0 amide bonds. The molecule has 0 saturated carbocycles. The van der Waals surface area contributed by atoms with Crippen LogP contribution in [0.1, 0.15) is 0 Å². The molecular formula is C4H10ClN3. The van der Waals surface area contributed by atoms with E-state index in [9.17, 15) is 0 Å². The van der Waals surface area contributed by atoms with E-state index in [0.29, 0.717) is 5.84 Å². The first-order valence-corrected chi connectivity index (χ1v) is 2.69. The molecule has 0 heterocycles. The molecule has 3 nitrogen and oxygen atoms in total. The number of alkyl halides is 1. The van der Waals surface area contributed by atoms with E-state index >= 15 is 0 Å². The summed E-state index contributed by atoms with van der Waals surface area (Å²) in [5.74, 6) is 0.411. The SMILES string of the molecule is CN=C(N)C(Cl)NC. The minimum Gasteiger partial charge on any atom is -0.385 e. The molecule has 3 N–H and O–H groups in total. The van der Waals surface area contributed by atoms with Crippen LogP contribution in [0.2, 0.25) is 0 Å². The lowest BCUT2D eigenvalue weighted by Crippen LogP contribution is -2.34. The van der Waals surface area contributed by atoms with Crippen molar-refractivity contribution in [3.8, 4) is 0 Å². The number of amidine groups is 1. The highest BCUT2D eigenvalue weighted by molar-refractivity contribution is 6.31. The van der Waals surface area contributed by atoms with Crippen LogP contribution in [0.15, 0.2) is 4.99 Å². The Balaban J connectivity index is 3.63. The first-order valence-electron chi connectivity index (χ1n) is 2.26. The molecule has 0 rings (SSSR count). The van der Waals surface area contributed by atoms with E-state index in [0.717, 1.165) is 0 Å². The van der Waals surface area contributed by atoms with Gasteiger partial charge in [0.05, 0.1) is 0 Å². The van der Waals surface area contributed by atoms with E-state index in [1.807, 2.05) is 0 Å². The number of halogens is 1. The van der Waals surface area contributed by atoms with Gasteiger partial charge in [-0.15, -0.1) is 0 Å². The van der Waals surface area contributed by atoms with Crippen molar-refractivity contribution >= 4 is 17.4 Å². The second-order valence-corrected chi connectivity index (χ2v) is 1.74. The molecule has 0 saturated heterocycles. The molecule has 0 aromatic rings. The quantitative estimate of drug-likeness (QED) is 0.238. The summed E-state index contributed by atoms with van der Waals surface area (Å²) in [4.78, 5) is 3.66. The monoisotopic (exact) mass is 135 g/mol. The van der Waals surface area contributed by atoms with Crippen LogP contribution in [0.4, 0.5) is 0 Å². The Morgan fingerprint density at radius 3 is 2.50 bits per heavy atom. The maximum Gasteiger partial charge on any atom is 0.140 e. The number of hydrogen-bond donors (Lipinski definition) is 2. The highest BCUT2D eigenvalue weighted by atomic mass is 35.5. The van der Waals surface area contributed by atoms with Crippen LogP contribution in [0.25, 0.3) is 0 Å². The van der Waals surface area contributed by atoms with E-state index in [-0.39, 0.29) is 5.50 Å². The molecular weight excluding hydrogens is 126 g/mol. The molecule has 1 atom stereocenters. The smallest absolute Gasteiger partial charge is 0.140 e. The van der Waals surface area contributed by atoms with Gasteiger partial charge in [-0.25, -0.2) is 0 Å². The van der Waals surface area contributed by atoms with Gasteiger partial charge in [0.2, 0.25) is 0 Å². The van der Waals surface area contributed by atoms with Gasteiger partial charge in [-0.05, 0) is 7.05 Å². The highest BCUT2D eigenvalue weighted by Crippen LogP contribution is 1.86. The largest absolute Gasteiger partial charge is 0.385 e. The van der Waals surface area contributed by atoms with Crippen molar-refractivity contribution in [1.29, 1.82) is 0 Å². The van der Waals surface area contributed by atoms with E-state index in [1.165, 1.54) is 0 Å². The Bertz CT molecular complexity index is 91.3. The summed E-state index contributed by atoms with van der Waals surface area (Å²) in [7, 11) is 3.32. The zero-order valence-electron chi connectivity index (χ0n) is 4.98. The molecule has 8 heavy (non-hydrogen) atoms. The third kappa shape index (κ3) is 2.14. The first kappa shape index (κ1) is 7.72. The summed E-state index contributed by atoms with van der Waals surface area (Å²) in [5.41, 5.74) is 4.95. The third-order valence-corrected chi connectivity index (χ3v) is 1.21. The molecule has 1 unspecified atom stereocenters. The van der Waals surface area contributed by atoms with E-state index in [4.69, 9.17) is 17.3 Å². The van der Waals surface area contributed by atoms with E-state index in [1.54, 1.807) is 14.1 Å². The Morgan fingerprint density at radius 2 is 2.38 bits per heavy atom.